The Labute approximate surface area is 148 Å². The van der Waals surface area contributed by atoms with Gasteiger partial charge < -0.3 is 10.6 Å². The van der Waals surface area contributed by atoms with Crippen LogP contribution in [0.5, 0.6) is 0 Å². The summed E-state index contributed by atoms with van der Waals surface area (Å²) in [6, 6.07) is 2.15. The average molecular weight is 348 g/mol. The van der Waals surface area contributed by atoms with Gasteiger partial charge in [-0.3, -0.25) is 24.1 Å². The molecule has 2 heterocycles. The van der Waals surface area contributed by atoms with Crippen molar-refractivity contribution in [3.63, 3.8) is 0 Å². The summed E-state index contributed by atoms with van der Waals surface area (Å²) in [6.45, 7) is 7.41. The average Bonchev–Trinajstić information content (AvgIpc) is 3.32. The summed E-state index contributed by atoms with van der Waals surface area (Å²) in [6.07, 6.45) is 2.22. The molecule has 0 bridgehead atoms. The van der Waals surface area contributed by atoms with Crippen molar-refractivity contribution in [2.45, 2.75) is 38.8 Å². The van der Waals surface area contributed by atoms with E-state index in [2.05, 4.69) is 25.5 Å². The highest BCUT2D eigenvalue weighted by Gasteiger charge is 2.30. The Morgan fingerprint density at radius 1 is 1.28 bits per heavy atom. The van der Waals surface area contributed by atoms with Crippen LogP contribution < -0.4 is 10.6 Å². The van der Waals surface area contributed by atoms with Crippen molar-refractivity contribution in [1.29, 1.82) is 0 Å². The predicted octanol–water partition coefficient (Wildman–Crippen LogP) is -0.0483. The van der Waals surface area contributed by atoms with E-state index in [-0.39, 0.29) is 17.9 Å². The van der Waals surface area contributed by atoms with Gasteiger partial charge >= 0.3 is 0 Å². The molecule has 8 heteroatoms. The van der Waals surface area contributed by atoms with Crippen molar-refractivity contribution in [3.05, 3.63) is 11.8 Å². The first-order valence-electron chi connectivity index (χ1n) is 8.99. The number of nitrogens with one attached hydrogen (secondary N) is 2. The van der Waals surface area contributed by atoms with Crippen LogP contribution in [0.15, 0.2) is 6.07 Å². The number of hydrogen-bond donors (Lipinski definition) is 2. The molecule has 0 radical (unpaired) electrons. The fourth-order valence-electron chi connectivity index (χ4n) is 3.14. The molecule has 2 N–H and O–H groups in total. The lowest BCUT2D eigenvalue weighted by atomic mass is 10.2. The summed E-state index contributed by atoms with van der Waals surface area (Å²) >= 11 is 0. The summed E-state index contributed by atoms with van der Waals surface area (Å²) in [5.74, 6) is 0.808. The third-order valence-electron chi connectivity index (χ3n) is 4.89. The number of piperazine rings is 1. The van der Waals surface area contributed by atoms with Gasteiger partial charge in [0.2, 0.25) is 11.8 Å². The van der Waals surface area contributed by atoms with Crippen molar-refractivity contribution in [1.82, 2.24) is 24.9 Å². The molecule has 2 fully saturated rings. The van der Waals surface area contributed by atoms with E-state index in [4.69, 9.17) is 0 Å². The van der Waals surface area contributed by atoms with Gasteiger partial charge in [-0.1, -0.05) is 0 Å². The molecular weight excluding hydrogens is 320 g/mol. The van der Waals surface area contributed by atoms with Gasteiger partial charge in [0.05, 0.1) is 18.3 Å². The molecule has 1 unspecified atom stereocenters. The van der Waals surface area contributed by atoms with Crippen LogP contribution in [0.3, 0.4) is 0 Å². The van der Waals surface area contributed by atoms with E-state index in [1.807, 2.05) is 27.0 Å². The minimum Gasteiger partial charge on any atom is -0.352 e. The van der Waals surface area contributed by atoms with Crippen LogP contribution in [0.25, 0.3) is 0 Å². The highest BCUT2D eigenvalue weighted by Crippen LogP contribution is 2.19. The molecule has 3 rings (SSSR count). The number of carbonyl (C=O) groups excluding carboxylic acids is 2. The molecule has 138 valence electrons. The van der Waals surface area contributed by atoms with Crippen LogP contribution in [0, 0.1) is 6.92 Å². The lowest BCUT2D eigenvalue weighted by molar-refractivity contribution is -0.127. The van der Waals surface area contributed by atoms with E-state index in [9.17, 15) is 9.59 Å². The fourth-order valence-corrected chi connectivity index (χ4v) is 3.14. The van der Waals surface area contributed by atoms with Gasteiger partial charge in [-0.2, -0.15) is 5.10 Å². The summed E-state index contributed by atoms with van der Waals surface area (Å²) in [7, 11) is 1.81. The van der Waals surface area contributed by atoms with E-state index >= 15 is 0 Å². The highest BCUT2D eigenvalue weighted by molar-refractivity contribution is 5.91. The van der Waals surface area contributed by atoms with Crippen LogP contribution in [-0.2, 0) is 16.6 Å². The number of aryl methyl sites for hydroxylation is 2. The zero-order valence-electron chi connectivity index (χ0n) is 15.3. The maximum Gasteiger partial charge on any atom is 0.239 e. The molecule has 1 aliphatic carbocycles. The van der Waals surface area contributed by atoms with E-state index in [0.29, 0.717) is 18.4 Å². The van der Waals surface area contributed by atoms with Crippen LogP contribution in [0.2, 0.25) is 0 Å². The predicted molar refractivity (Wildman–Crippen MR) is 95.2 cm³/mol. The monoisotopic (exact) mass is 348 g/mol. The molecule has 2 aliphatic rings. The number of aromatic nitrogens is 2. The molecule has 0 spiro atoms. The molecule has 25 heavy (non-hydrogen) atoms. The Morgan fingerprint density at radius 3 is 2.52 bits per heavy atom. The largest absolute Gasteiger partial charge is 0.352 e. The summed E-state index contributed by atoms with van der Waals surface area (Å²) in [5.41, 5.74) is 0.880. The van der Waals surface area contributed by atoms with Gasteiger partial charge in [0, 0.05) is 45.3 Å². The lowest BCUT2D eigenvalue weighted by Crippen LogP contribution is -2.55. The normalized spacial score (nSPS) is 20.3. The maximum absolute atomic E-state index is 12.2. The van der Waals surface area contributed by atoms with Crippen LogP contribution in [0.1, 0.15) is 25.5 Å². The Bertz CT molecular complexity index is 631. The first kappa shape index (κ1) is 17.9. The smallest absolute Gasteiger partial charge is 0.239 e. The molecule has 1 aromatic heterocycles. The van der Waals surface area contributed by atoms with Crippen LogP contribution in [0.4, 0.5) is 5.82 Å². The molecule has 2 amide bonds. The quantitative estimate of drug-likeness (QED) is 0.753. The topological polar surface area (TPSA) is 82.5 Å². The van der Waals surface area contributed by atoms with Crippen molar-refractivity contribution in [2.24, 2.45) is 7.05 Å². The maximum atomic E-state index is 12.2. The van der Waals surface area contributed by atoms with Gasteiger partial charge in [0.25, 0.3) is 0 Å². The highest BCUT2D eigenvalue weighted by atomic mass is 16.2. The molecule has 1 saturated carbocycles. The van der Waals surface area contributed by atoms with Crippen molar-refractivity contribution >= 4 is 17.6 Å². The second kappa shape index (κ2) is 7.53. The molecule has 8 nitrogen and oxygen atoms in total. The molecular formula is C17H28N6O2. The van der Waals surface area contributed by atoms with E-state index in [1.165, 1.54) is 0 Å². The molecule has 1 atom stereocenters. The van der Waals surface area contributed by atoms with Crippen LogP contribution in [-0.4, -0.2) is 76.2 Å². The Hall–Kier alpha value is -1.93. The van der Waals surface area contributed by atoms with E-state index in [1.54, 1.807) is 4.68 Å². The summed E-state index contributed by atoms with van der Waals surface area (Å²) in [4.78, 5) is 28.7. The fraction of sp³-hybridized carbons (Fsp3) is 0.706. The van der Waals surface area contributed by atoms with E-state index < -0.39 is 0 Å². The SMILES string of the molecule is Cc1cc(NC(=O)CN2CCN(C(C)C(=O)NC3CC3)CC2)n(C)n1. The summed E-state index contributed by atoms with van der Waals surface area (Å²) < 4.78 is 1.67. The number of carbonyl (C=O) groups is 2. The third-order valence-corrected chi connectivity index (χ3v) is 4.89. The van der Waals surface area contributed by atoms with Crippen molar-refractivity contribution in [3.8, 4) is 0 Å². The first-order valence-corrected chi connectivity index (χ1v) is 8.99. The Kier molecular flexibility index (Phi) is 5.39. The zero-order chi connectivity index (χ0) is 18.0. The van der Waals surface area contributed by atoms with Gasteiger partial charge in [-0.25, -0.2) is 0 Å². The molecule has 1 aromatic rings. The standard InChI is InChI=1S/C17H28N6O2/c1-12-10-15(21(3)20-12)19-16(24)11-22-6-8-23(9-7-22)13(2)17(25)18-14-4-5-14/h10,13-14H,4-9,11H2,1-3H3,(H,18,25)(H,19,24). The summed E-state index contributed by atoms with van der Waals surface area (Å²) in [5, 5.41) is 10.2. The zero-order valence-corrected chi connectivity index (χ0v) is 15.3. The number of nitrogens with zero attached hydrogens (tertiary/aromatic N) is 4. The Balaban J connectivity index is 1.41. The minimum atomic E-state index is -0.103. The number of amides is 2. The second-order valence-corrected chi connectivity index (χ2v) is 7.11. The van der Waals surface area contributed by atoms with Gasteiger partial charge in [0.15, 0.2) is 0 Å². The van der Waals surface area contributed by atoms with Crippen molar-refractivity contribution in [2.75, 3.05) is 38.0 Å². The van der Waals surface area contributed by atoms with Gasteiger partial charge in [-0.05, 0) is 26.7 Å². The van der Waals surface area contributed by atoms with Crippen LogP contribution >= 0.6 is 0 Å². The van der Waals surface area contributed by atoms with E-state index in [0.717, 1.165) is 44.7 Å². The number of hydrogen-bond acceptors (Lipinski definition) is 5. The number of anilines is 1. The first-order chi connectivity index (χ1) is 11.9. The minimum absolute atomic E-state index is 0.0315. The molecule has 0 aromatic carbocycles. The van der Waals surface area contributed by atoms with Crippen molar-refractivity contribution < 1.29 is 9.59 Å². The third kappa shape index (κ3) is 4.79. The van der Waals surface area contributed by atoms with Gasteiger partial charge in [-0.15, -0.1) is 0 Å². The number of rotatable bonds is 6. The lowest BCUT2D eigenvalue weighted by Gasteiger charge is -2.37. The Morgan fingerprint density at radius 2 is 1.96 bits per heavy atom. The van der Waals surface area contributed by atoms with Gasteiger partial charge in [0.1, 0.15) is 5.82 Å². The molecule has 1 saturated heterocycles. The molecule has 1 aliphatic heterocycles. The second-order valence-electron chi connectivity index (χ2n) is 7.11.